The maximum atomic E-state index is 4.53. The standard InChI is InChI=1S/C12H18S/c1-4-11(10(3)13)12-8-6-5-7-9(12)2/h5-8,10-11,13H,4H2,1-3H3. The van der Waals surface area contributed by atoms with Crippen molar-refractivity contribution in [2.45, 2.75) is 38.4 Å². The summed E-state index contributed by atoms with van der Waals surface area (Å²) in [6.07, 6.45) is 1.16. The third-order valence-corrected chi connectivity index (χ3v) is 2.97. The summed E-state index contributed by atoms with van der Waals surface area (Å²) in [7, 11) is 0. The molecule has 0 N–H and O–H groups in total. The largest absolute Gasteiger partial charge is 0.176 e. The van der Waals surface area contributed by atoms with Gasteiger partial charge in [0.25, 0.3) is 0 Å². The maximum absolute atomic E-state index is 4.53. The lowest BCUT2D eigenvalue weighted by Gasteiger charge is -2.20. The van der Waals surface area contributed by atoms with Gasteiger partial charge >= 0.3 is 0 Å². The number of benzene rings is 1. The third-order valence-electron chi connectivity index (χ3n) is 2.61. The van der Waals surface area contributed by atoms with Gasteiger partial charge in [0, 0.05) is 5.25 Å². The van der Waals surface area contributed by atoms with Crippen LogP contribution in [0.1, 0.15) is 37.3 Å². The lowest BCUT2D eigenvalue weighted by Crippen LogP contribution is -2.09. The van der Waals surface area contributed by atoms with Crippen LogP contribution in [0.4, 0.5) is 0 Å². The van der Waals surface area contributed by atoms with Gasteiger partial charge in [0.15, 0.2) is 0 Å². The number of hydrogen-bond donors (Lipinski definition) is 1. The smallest absolute Gasteiger partial charge is 0.00572 e. The molecule has 13 heavy (non-hydrogen) atoms. The summed E-state index contributed by atoms with van der Waals surface area (Å²) in [4.78, 5) is 0. The molecule has 0 aliphatic heterocycles. The number of hydrogen-bond acceptors (Lipinski definition) is 1. The van der Waals surface area contributed by atoms with Crippen molar-refractivity contribution in [3.05, 3.63) is 35.4 Å². The number of thiol groups is 1. The molecule has 0 heterocycles. The van der Waals surface area contributed by atoms with Gasteiger partial charge in [-0.05, 0) is 30.4 Å². The van der Waals surface area contributed by atoms with Crippen LogP contribution in [-0.2, 0) is 0 Å². The Bertz CT molecular complexity index is 266. The van der Waals surface area contributed by atoms with E-state index in [2.05, 4.69) is 57.7 Å². The van der Waals surface area contributed by atoms with Crippen molar-refractivity contribution < 1.29 is 0 Å². The molecule has 0 nitrogen and oxygen atoms in total. The van der Waals surface area contributed by atoms with Gasteiger partial charge in [-0.15, -0.1) is 0 Å². The van der Waals surface area contributed by atoms with E-state index in [9.17, 15) is 0 Å². The number of aryl methyl sites for hydroxylation is 1. The van der Waals surface area contributed by atoms with Crippen molar-refractivity contribution in [1.29, 1.82) is 0 Å². The summed E-state index contributed by atoms with van der Waals surface area (Å²) >= 11 is 4.53. The zero-order chi connectivity index (χ0) is 9.84. The van der Waals surface area contributed by atoms with E-state index in [1.165, 1.54) is 11.1 Å². The molecule has 0 radical (unpaired) electrons. The first-order chi connectivity index (χ1) is 6.16. The van der Waals surface area contributed by atoms with Crippen LogP contribution >= 0.6 is 12.6 Å². The Labute approximate surface area is 86.8 Å². The maximum Gasteiger partial charge on any atom is 0.00572 e. The molecule has 0 saturated carbocycles. The molecule has 0 aromatic heterocycles. The summed E-state index contributed by atoms with van der Waals surface area (Å²) in [6, 6.07) is 8.60. The predicted molar refractivity (Wildman–Crippen MR) is 62.7 cm³/mol. The van der Waals surface area contributed by atoms with Gasteiger partial charge in [0.05, 0.1) is 0 Å². The topological polar surface area (TPSA) is 0 Å². The number of rotatable bonds is 3. The van der Waals surface area contributed by atoms with Crippen LogP contribution in [0.15, 0.2) is 24.3 Å². The molecule has 0 bridgehead atoms. The fraction of sp³-hybridized carbons (Fsp3) is 0.500. The summed E-state index contributed by atoms with van der Waals surface area (Å²) in [5.41, 5.74) is 2.84. The van der Waals surface area contributed by atoms with Gasteiger partial charge < -0.3 is 0 Å². The second-order valence-electron chi connectivity index (χ2n) is 3.61. The van der Waals surface area contributed by atoms with Gasteiger partial charge in [0.2, 0.25) is 0 Å². The molecule has 72 valence electrons. The van der Waals surface area contributed by atoms with Gasteiger partial charge in [-0.3, -0.25) is 0 Å². The van der Waals surface area contributed by atoms with E-state index >= 15 is 0 Å². The quantitative estimate of drug-likeness (QED) is 0.695. The van der Waals surface area contributed by atoms with E-state index in [1.54, 1.807) is 0 Å². The van der Waals surface area contributed by atoms with Crippen molar-refractivity contribution in [3.63, 3.8) is 0 Å². The van der Waals surface area contributed by atoms with Crippen LogP contribution < -0.4 is 0 Å². The molecule has 0 saturated heterocycles. The van der Waals surface area contributed by atoms with E-state index in [0.29, 0.717) is 11.2 Å². The predicted octanol–water partition coefficient (Wildman–Crippen LogP) is 3.81. The summed E-state index contributed by atoms with van der Waals surface area (Å²) in [5.74, 6) is 0.588. The first kappa shape index (κ1) is 10.6. The van der Waals surface area contributed by atoms with E-state index in [1.807, 2.05) is 0 Å². The molecule has 0 spiro atoms. The van der Waals surface area contributed by atoms with Gasteiger partial charge in [0.1, 0.15) is 0 Å². The minimum absolute atomic E-state index is 0.436. The highest BCUT2D eigenvalue weighted by molar-refractivity contribution is 7.81. The average molecular weight is 194 g/mol. The Morgan fingerprint density at radius 1 is 1.31 bits per heavy atom. The van der Waals surface area contributed by atoms with Crippen LogP contribution in [0.5, 0.6) is 0 Å². The van der Waals surface area contributed by atoms with E-state index in [-0.39, 0.29) is 0 Å². The van der Waals surface area contributed by atoms with Gasteiger partial charge in [-0.25, -0.2) is 0 Å². The molecule has 1 rings (SSSR count). The summed E-state index contributed by atoms with van der Waals surface area (Å²) < 4.78 is 0. The minimum Gasteiger partial charge on any atom is -0.176 e. The average Bonchev–Trinajstić information content (AvgIpc) is 2.09. The van der Waals surface area contributed by atoms with E-state index in [0.717, 1.165) is 6.42 Å². The highest BCUT2D eigenvalue weighted by Gasteiger charge is 2.15. The monoisotopic (exact) mass is 194 g/mol. The van der Waals surface area contributed by atoms with Crippen molar-refractivity contribution >= 4 is 12.6 Å². The Hall–Kier alpha value is -0.430. The second-order valence-corrected chi connectivity index (χ2v) is 4.43. The first-order valence-corrected chi connectivity index (χ1v) is 5.42. The molecule has 1 aromatic rings. The molecule has 1 aromatic carbocycles. The Morgan fingerprint density at radius 2 is 1.92 bits per heavy atom. The lowest BCUT2D eigenvalue weighted by atomic mass is 9.90. The Morgan fingerprint density at radius 3 is 2.38 bits per heavy atom. The molecule has 2 atom stereocenters. The van der Waals surface area contributed by atoms with Crippen LogP contribution in [0, 0.1) is 6.92 Å². The molecule has 0 fully saturated rings. The van der Waals surface area contributed by atoms with Crippen LogP contribution in [0.25, 0.3) is 0 Å². The molecule has 0 aliphatic carbocycles. The van der Waals surface area contributed by atoms with Crippen LogP contribution in [-0.4, -0.2) is 5.25 Å². The summed E-state index contributed by atoms with van der Waals surface area (Å²) in [5, 5.41) is 0.436. The molecule has 0 amide bonds. The van der Waals surface area contributed by atoms with Gasteiger partial charge in [-0.2, -0.15) is 12.6 Å². The Balaban J connectivity index is 2.97. The highest BCUT2D eigenvalue weighted by atomic mass is 32.1. The molecule has 0 aliphatic rings. The van der Waals surface area contributed by atoms with Crippen molar-refractivity contribution in [1.82, 2.24) is 0 Å². The lowest BCUT2D eigenvalue weighted by molar-refractivity contribution is 0.655. The van der Waals surface area contributed by atoms with Gasteiger partial charge in [-0.1, -0.05) is 38.1 Å². The fourth-order valence-electron chi connectivity index (χ4n) is 1.82. The highest BCUT2D eigenvalue weighted by Crippen LogP contribution is 2.28. The SMILES string of the molecule is CCC(c1ccccc1C)C(C)S. The normalized spacial score (nSPS) is 15.4. The summed E-state index contributed by atoms with van der Waals surface area (Å²) in [6.45, 7) is 6.57. The second kappa shape index (κ2) is 4.71. The van der Waals surface area contributed by atoms with E-state index < -0.39 is 0 Å². The van der Waals surface area contributed by atoms with Crippen molar-refractivity contribution in [3.8, 4) is 0 Å². The minimum atomic E-state index is 0.436. The zero-order valence-corrected chi connectivity index (χ0v) is 9.51. The fourth-order valence-corrected chi connectivity index (χ4v) is 2.20. The molecule has 2 unspecified atom stereocenters. The molecular weight excluding hydrogens is 176 g/mol. The third kappa shape index (κ3) is 2.50. The van der Waals surface area contributed by atoms with Crippen LogP contribution in [0.2, 0.25) is 0 Å². The van der Waals surface area contributed by atoms with Crippen molar-refractivity contribution in [2.24, 2.45) is 0 Å². The molecule has 1 heteroatoms. The zero-order valence-electron chi connectivity index (χ0n) is 8.62. The molecular formula is C12H18S. The Kier molecular flexibility index (Phi) is 3.86. The first-order valence-electron chi connectivity index (χ1n) is 4.90. The van der Waals surface area contributed by atoms with E-state index in [4.69, 9.17) is 0 Å². The van der Waals surface area contributed by atoms with Crippen molar-refractivity contribution in [2.75, 3.05) is 0 Å². The van der Waals surface area contributed by atoms with Crippen LogP contribution in [0.3, 0.4) is 0 Å².